The molecule has 0 heterocycles. The Balaban J connectivity index is 2.96. The molecule has 2 heteroatoms. The van der Waals surface area contributed by atoms with Crippen LogP contribution in [0.25, 0.3) is 0 Å². The first-order valence-corrected chi connectivity index (χ1v) is 3.45. The van der Waals surface area contributed by atoms with E-state index in [1.54, 1.807) is 12.1 Å². The van der Waals surface area contributed by atoms with Crippen molar-refractivity contribution in [1.29, 1.82) is 0 Å². The SMILES string of the molecule is CB(C)c1cccc(F)c1. The van der Waals surface area contributed by atoms with Crippen molar-refractivity contribution in [3.05, 3.63) is 30.1 Å². The highest BCUT2D eigenvalue weighted by Gasteiger charge is 2.01. The summed E-state index contributed by atoms with van der Waals surface area (Å²) >= 11 is 0. The molecule has 0 N–H and O–H groups in total. The Hall–Kier alpha value is -0.785. The molecule has 0 aromatic heterocycles. The van der Waals surface area contributed by atoms with Crippen LogP contribution in [0.4, 0.5) is 4.39 Å². The summed E-state index contributed by atoms with van der Waals surface area (Å²) in [6, 6.07) is 6.72. The quantitative estimate of drug-likeness (QED) is 0.516. The number of benzene rings is 1. The number of halogens is 1. The molecular formula is C8H10BF. The zero-order valence-corrected chi connectivity index (χ0v) is 6.26. The van der Waals surface area contributed by atoms with E-state index in [0.717, 1.165) is 5.46 Å². The normalized spacial score (nSPS) is 9.50. The first kappa shape index (κ1) is 7.32. The van der Waals surface area contributed by atoms with Crippen LogP contribution in [-0.2, 0) is 0 Å². The van der Waals surface area contributed by atoms with Gasteiger partial charge in [-0.1, -0.05) is 31.2 Å². The molecule has 0 spiro atoms. The monoisotopic (exact) mass is 136 g/mol. The summed E-state index contributed by atoms with van der Waals surface area (Å²) in [4.78, 5) is 0. The van der Waals surface area contributed by atoms with E-state index in [-0.39, 0.29) is 5.82 Å². The van der Waals surface area contributed by atoms with Gasteiger partial charge in [0.1, 0.15) is 5.82 Å². The summed E-state index contributed by atoms with van der Waals surface area (Å²) in [7, 11) is 0. The summed E-state index contributed by atoms with van der Waals surface area (Å²) in [6.07, 6.45) is 0. The standard InChI is InChI=1S/C8H10BF/c1-9(2)7-4-3-5-8(10)6-7/h3-6H,1-2H3. The predicted molar refractivity (Wildman–Crippen MR) is 43.5 cm³/mol. The van der Waals surface area contributed by atoms with Gasteiger partial charge in [-0.25, -0.2) is 4.39 Å². The van der Waals surface area contributed by atoms with Gasteiger partial charge in [0, 0.05) is 0 Å². The molecule has 0 fully saturated rings. The lowest BCUT2D eigenvalue weighted by molar-refractivity contribution is 0.629. The van der Waals surface area contributed by atoms with E-state index in [9.17, 15) is 4.39 Å². The van der Waals surface area contributed by atoms with Gasteiger partial charge in [0.25, 0.3) is 0 Å². The fourth-order valence-electron chi connectivity index (χ4n) is 0.866. The van der Waals surface area contributed by atoms with E-state index in [1.165, 1.54) is 6.07 Å². The molecule has 0 atom stereocenters. The highest BCUT2D eigenvalue weighted by atomic mass is 19.1. The molecule has 0 radical (unpaired) electrons. The average Bonchev–Trinajstić information content (AvgIpc) is 1.88. The third-order valence-electron chi connectivity index (χ3n) is 1.52. The van der Waals surface area contributed by atoms with E-state index >= 15 is 0 Å². The molecule has 0 amide bonds. The summed E-state index contributed by atoms with van der Waals surface area (Å²) < 4.78 is 12.5. The van der Waals surface area contributed by atoms with Crippen LogP contribution >= 0.6 is 0 Å². The maximum absolute atomic E-state index is 12.5. The number of hydrogen-bond acceptors (Lipinski definition) is 0. The Morgan fingerprint density at radius 2 is 2.00 bits per heavy atom. The summed E-state index contributed by atoms with van der Waals surface area (Å²) in [5.74, 6) is -0.147. The van der Waals surface area contributed by atoms with Crippen molar-refractivity contribution in [1.82, 2.24) is 0 Å². The Morgan fingerprint density at radius 3 is 2.40 bits per heavy atom. The van der Waals surface area contributed by atoms with Crippen molar-refractivity contribution in [3.63, 3.8) is 0 Å². The largest absolute Gasteiger partial charge is 0.207 e. The maximum atomic E-state index is 12.5. The van der Waals surface area contributed by atoms with Crippen molar-refractivity contribution in [2.45, 2.75) is 13.6 Å². The van der Waals surface area contributed by atoms with Crippen LogP contribution in [0.1, 0.15) is 0 Å². The van der Waals surface area contributed by atoms with E-state index in [0.29, 0.717) is 6.71 Å². The fourth-order valence-corrected chi connectivity index (χ4v) is 0.866. The van der Waals surface area contributed by atoms with E-state index < -0.39 is 0 Å². The van der Waals surface area contributed by atoms with E-state index in [2.05, 4.69) is 13.6 Å². The molecule has 0 aliphatic heterocycles. The van der Waals surface area contributed by atoms with Crippen molar-refractivity contribution in [2.24, 2.45) is 0 Å². The van der Waals surface area contributed by atoms with Gasteiger partial charge in [0.15, 0.2) is 6.71 Å². The Kier molecular flexibility index (Phi) is 2.10. The van der Waals surface area contributed by atoms with Crippen molar-refractivity contribution in [2.75, 3.05) is 0 Å². The van der Waals surface area contributed by atoms with Crippen LogP contribution in [0.5, 0.6) is 0 Å². The first-order valence-electron chi connectivity index (χ1n) is 3.45. The molecule has 10 heavy (non-hydrogen) atoms. The van der Waals surface area contributed by atoms with Crippen LogP contribution in [-0.4, -0.2) is 6.71 Å². The second-order valence-electron chi connectivity index (χ2n) is 2.71. The summed E-state index contributed by atoms with van der Waals surface area (Å²) in [5, 5.41) is 0. The molecular weight excluding hydrogens is 126 g/mol. The van der Waals surface area contributed by atoms with Crippen LogP contribution < -0.4 is 5.46 Å². The Labute approximate surface area is 61.1 Å². The lowest BCUT2D eigenvalue weighted by Crippen LogP contribution is -2.22. The minimum Gasteiger partial charge on any atom is -0.207 e. The minimum atomic E-state index is -0.147. The van der Waals surface area contributed by atoms with Gasteiger partial charge < -0.3 is 0 Å². The third kappa shape index (κ3) is 1.60. The smallest absolute Gasteiger partial charge is 0.169 e. The number of rotatable bonds is 1. The van der Waals surface area contributed by atoms with Crippen LogP contribution in [0, 0.1) is 5.82 Å². The molecule has 1 aromatic carbocycles. The maximum Gasteiger partial charge on any atom is 0.169 e. The molecule has 1 aromatic rings. The highest BCUT2D eigenvalue weighted by molar-refractivity contribution is 6.70. The fraction of sp³-hybridized carbons (Fsp3) is 0.250. The number of hydrogen-bond donors (Lipinski definition) is 0. The molecule has 0 unspecified atom stereocenters. The van der Waals surface area contributed by atoms with Crippen LogP contribution in [0.15, 0.2) is 24.3 Å². The zero-order chi connectivity index (χ0) is 7.56. The lowest BCUT2D eigenvalue weighted by Gasteiger charge is -1.99. The van der Waals surface area contributed by atoms with E-state index in [1.807, 2.05) is 6.07 Å². The van der Waals surface area contributed by atoms with Crippen molar-refractivity contribution >= 4 is 12.2 Å². The van der Waals surface area contributed by atoms with Gasteiger partial charge in [-0.2, -0.15) is 0 Å². The average molecular weight is 136 g/mol. The third-order valence-corrected chi connectivity index (χ3v) is 1.52. The lowest BCUT2D eigenvalue weighted by atomic mass is 9.49. The van der Waals surface area contributed by atoms with Gasteiger partial charge >= 0.3 is 0 Å². The van der Waals surface area contributed by atoms with Gasteiger partial charge in [-0.15, -0.1) is 0 Å². The minimum absolute atomic E-state index is 0.147. The van der Waals surface area contributed by atoms with E-state index in [4.69, 9.17) is 0 Å². The predicted octanol–water partition coefficient (Wildman–Crippen LogP) is 1.79. The molecule has 0 aliphatic rings. The zero-order valence-electron chi connectivity index (χ0n) is 6.26. The topological polar surface area (TPSA) is 0 Å². The van der Waals surface area contributed by atoms with Crippen molar-refractivity contribution < 1.29 is 4.39 Å². The first-order chi connectivity index (χ1) is 4.70. The summed E-state index contributed by atoms with van der Waals surface area (Å²) in [5.41, 5.74) is 1.06. The van der Waals surface area contributed by atoms with Gasteiger partial charge in [-0.05, 0) is 12.1 Å². The molecule has 1 rings (SSSR count). The molecule has 52 valence electrons. The van der Waals surface area contributed by atoms with Crippen LogP contribution in [0.2, 0.25) is 13.6 Å². The molecule has 0 aliphatic carbocycles. The molecule has 0 saturated carbocycles. The summed E-state index contributed by atoms with van der Waals surface area (Å²) in [6.45, 7) is 4.51. The highest BCUT2D eigenvalue weighted by Crippen LogP contribution is 1.94. The Morgan fingerprint density at radius 1 is 1.30 bits per heavy atom. The molecule has 0 bridgehead atoms. The molecule has 0 saturated heterocycles. The molecule has 0 nitrogen and oxygen atoms in total. The van der Waals surface area contributed by atoms with Gasteiger partial charge in [0.05, 0.1) is 0 Å². The Bertz CT molecular complexity index is 220. The van der Waals surface area contributed by atoms with Gasteiger partial charge in [0.2, 0.25) is 0 Å². The second-order valence-corrected chi connectivity index (χ2v) is 2.71. The van der Waals surface area contributed by atoms with Gasteiger partial charge in [-0.3, -0.25) is 0 Å². The van der Waals surface area contributed by atoms with Crippen LogP contribution in [0.3, 0.4) is 0 Å². The van der Waals surface area contributed by atoms with Crippen molar-refractivity contribution in [3.8, 4) is 0 Å². The second kappa shape index (κ2) is 2.87.